The molecule has 1 heterocycles. The topological polar surface area (TPSA) is 38.0 Å². The van der Waals surface area contributed by atoms with E-state index < -0.39 is 0 Å². The fraction of sp³-hybridized carbons (Fsp3) is 1.00. The maximum Gasteiger partial charge on any atom is 0.00856 e. The van der Waals surface area contributed by atoms with E-state index in [0.717, 1.165) is 11.8 Å². The van der Waals surface area contributed by atoms with E-state index in [1.54, 1.807) is 0 Å². The first-order chi connectivity index (χ1) is 4.88. The van der Waals surface area contributed by atoms with Crippen LogP contribution in [-0.4, -0.2) is 19.1 Å². The van der Waals surface area contributed by atoms with E-state index in [9.17, 15) is 0 Å². The number of nitrogens with two attached hydrogens (primary N) is 1. The van der Waals surface area contributed by atoms with E-state index in [1.807, 2.05) is 13.8 Å². The first kappa shape index (κ1) is 8.02. The third-order valence-corrected chi connectivity index (χ3v) is 2.52. The minimum Gasteiger partial charge on any atom is -0.327 e. The van der Waals surface area contributed by atoms with Crippen molar-refractivity contribution in [1.82, 2.24) is 5.32 Å². The van der Waals surface area contributed by atoms with E-state index in [-0.39, 0.29) is 0 Å². The molecule has 2 rings (SSSR count). The molecule has 3 N–H and O–H groups in total. The second-order valence-corrected chi connectivity index (χ2v) is 2.98. The highest BCUT2D eigenvalue weighted by molar-refractivity contribution is 4.98. The Morgan fingerprint density at radius 3 is 2.40 bits per heavy atom. The van der Waals surface area contributed by atoms with Crippen molar-refractivity contribution < 1.29 is 0 Å². The summed E-state index contributed by atoms with van der Waals surface area (Å²) < 4.78 is 0. The monoisotopic (exact) mass is 142 g/mol. The van der Waals surface area contributed by atoms with Gasteiger partial charge in [0, 0.05) is 6.04 Å². The van der Waals surface area contributed by atoms with Crippen molar-refractivity contribution >= 4 is 0 Å². The van der Waals surface area contributed by atoms with Gasteiger partial charge in [-0.1, -0.05) is 13.8 Å². The molecule has 0 radical (unpaired) electrons. The molecule has 0 aromatic carbocycles. The lowest BCUT2D eigenvalue weighted by atomic mass is 9.72. The van der Waals surface area contributed by atoms with Crippen LogP contribution in [0.5, 0.6) is 0 Å². The predicted octanol–water partition coefficient (Wildman–Crippen LogP) is 0.579. The van der Waals surface area contributed by atoms with Crippen LogP contribution in [0.25, 0.3) is 0 Å². The normalized spacial score (nSPS) is 42.9. The van der Waals surface area contributed by atoms with Gasteiger partial charge in [-0.2, -0.15) is 0 Å². The molecule has 10 heavy (non-hydrogen) atoms. The quantitative estimate of drug-likeness (QED) is 0.519. The van der Waals surface area contributed by atoms with Crippen molar-refractivity contribution in [3.05, 3.63) is 0 Å². The molecule has 1 unspecified atom stereocenters. The van der Waals surface area contributed by atoms with Crippen LogP contribution in [0.15, 0.2) is 0 Å². The summed E-state index contributed by atoms with van der Waals surface area (Å²) in [5.74, 6) is 1.76. The molecule has 0 amide bonds. The highest BCUT2D eigenvalue weighted by Gasteiger charge is 2.41. The summed E-state index contributed by atoms with van der Waals surface area (Å²) in [6.45, 7) is 6.39. The molecule has 0 aromatic heterocycles. The Balaban J connectivity index is 0.000000231. The van der Waals surface area contributed by atoms with Crippen LogP contribution in [-0.2, 0) is 0 Å². The highest BCUT2D eigenvalue weighted by atomic mass is 15.0. The van der Waals surface area contributed by atoms with Crippen molar-refractivity contribution in [2.75, 3.05) is 13.1 Å². The van der Waals surface area contributed by atoms with Crippen molar-refractivity contribution in [3.8, 4) is 0 Å². The zero-order valence-electron chi connectivity index (χ0n) is 6.93. The minimum absolute atomic E-state index is 0.523. The number of hydrogen-bond acceptors (Lipinski definition) is 2. The number of hydrogen-bond donors (Lipinski definition) is 2. The van der Waals surface area contributed by atoms with Gasteiger partial charge >= 0.3 is 0 Å². The van der Waals surface area contributed by atoms with Crippen LogP contribution in [0.3, 0.4) is 0 Å². The molecule has 1 saturated heterocycles. The van der Waals surface area contributed by atoms with Gasteiger partial charge < -0.3 is 11.1 Å². The second-order valence-electron chi connectivity index (χ2n) is 2.98. The lowest BCUT2D eigenvalue weighted by molar-refractivity contribution is 0.194. The summed E-state index contributed by atoms with van der Waals surface area (Å²) in [4.78, 5) is 0. The third kappa shape index (κ3) is 1.18. The summed E-state index contributed by atoms with van der Waals surface area (Å²) >= 11 is 0. The fourth-order valence-electron chi connectivity index (χ4n) is 1.84. The van der Waals surface area contributed by atoms with Crippen LogP contribution in [0.2, 0.25) is 0 Å². The Morgan fingerprint density at radius 2 is 2.00 bits per heavy atom. The SMILES string of the molecule is CC.NC1C[C@@H]2CNC[C@H]12. The smallest absolute Gasteiger partial charge is 0.00856 e. The average molecular weight is 142 g/mol. The van der Waals surface area contributed by atoms with Crippen LogP contribution < -0.4 is 11.1 Å². The minimum atomic E-state index is 0.523. The fourth-order valence-corrected chi connectivity index (χ4v) is 1.84. The molecule has 3 atom stereocenters. The second kappa shape index (κ2) is 3.35. The Kier molecular flexibility index (Phi) is 2.69. The molecule has 0 bridgehead atoms. The molecular formula is C8H18N2. The van der Waals surface area contributed by atoms with Crippen LogP contribution in [0, 0.1) is 11.8 Å². The first-order valence-electron chi connectivity index (χ1n) is 4.34. The average Bonchev–Trinajstić information content (AvgIpc) is 2.34. The molecule has 1 aliphatic carbocycles. The zero-order chi connectivity index (χ0) is 7.56. The van der Waals surface area contributed by atoms with Gasteiger partial charge in [-0.25, -0.2) is 0 Å². The molecule has 0 spiro atoms. The summed E-state index contributed by atoms with van der Waals surface area (Å²) in [6, 6.07) is 0.523. The highest BCUT2D eigenvalue weighted by Crippen LogP contribution is 2.35. The summed E-state index contributed by atoms with van der Waals surface area (Å²) in [5, 5.41) is 3.33. The van der Waals surface area contributed by atoms with Crippen molar-refractivity contribution in [1.29, 1.82) is 0 Å². The number of rotatable bonds is 0. The predicted molar refractivity (Wildman–Crippen MR) is 43.8 cm³/mol. The van der Waals surface area contributed by atoms with Crippen LogP contribution >= 0.6 is 0 Å². The van der Waals surface area contributed by atoms with E-state index in [2.05, 4.69) is 5.32 Å². The van der Waals surface area contributed by atoms with Crippen LogP contribution in [0.1, 0.15) is 20.3 Å². The molecule has 2 nitrogen and oxygen atoms in total. The zero-order valence-corrected chi connectivity index (χ0v) is 6.93. The van der Waals surface area contributed by atoms with Crippen molar-refractivity contribution in [2.24, 2.45) is 17.6 Å². The molecule has 2 fully saturated rings. The van der Waals surface area contributed by atoms with Gasteiger partial charge in [0.25, 0.3) is 0 Å². The first-order valence-corrected chi connectivity index (χ1v) is 4.34. The van der Waals surface area contributed by atoms with Gasteiger partial charge in [0.1, 0.15) is 0 Å². The Labute approximate surface area is 63.2 Å². The third-order valence-electron chi connectivity index (χ3n) is 2.52. The molecule has 60 valence electrons. The van der Waals surface area contributed by atoms with Gasteiger partial charge in [0.2, 0.25) is 0 Å². The van der Waals surface area contributed by atoms with Crippen molar-refractivity contribution in [3.63, 3.8) is 0 Å². The lowest BCUT2D eigenvalue weighted by Gasteiger charge is -2.36. The molecule has 1 aliphatic heterocycles. The van der Waals surface area contributed by atoms with Crippen LogP contribution in [0.4, 0.5) is 0 Å². The van der Waals surface area contributed by atoms with E-state index in [0.29, 0.717) is 6.04 Å². The van der Waals surface area contributed by atoms with Gasteiger partial charge in [-0.15, -0.1) is 0 Å². The van der Waals surface area contributed by atoms with E-state index >= 15 is 0 Å². The Morgan fingerprint density at radius 1 is 1.30 bits per heavy atom. The summed E-state index contributed by atoms with van der Waals surface area (Å²) in [6.07, 6.45) is 1.26. The lowest BCUT2D eigenvalue weighted by Crippen LogP contribution is -2.46. The van der Waals surface area contributed by atoms with Gasteiger partial charge in [0.15, 0.2) is 0 Å². The van der Waals surface area contributed by atoms with E-state index in [1.165, 1.54) is 19.5 Å². The molecular weight excluding hydrogens is 124 g/mol. The maximum absolute atomic E-state index is 5.72. The molecule has 2 heteroatoms. The van der Waals surface area contributed by atoms with Gasteiger partial charge in [-0.3, -0.25) is 0 Å². The summed E-state index contributed by atoms with van der Waals surface area (Å²) in [5.41, 5.74) is 5.72. The van der Waals surface area contributed by atoms with Gasteiger partial charge in [-0.05, 0) is 31.3 Å². The Hall–Kier alpha value is -0.0800. The maximum atomic E-state index is 5.72. The Bertz CT molecular complexity index is 103. The largest absolute Gasteiger partial charge is 0.327 e. The molecule has 1 saturated carbocycles. The standard InChI is InChI=1S/C6H12N2.C2H6/c7-6-1-4-2-8-3-5(4)6;1-2/h4-6,8H,1-3,7H2;1-2H3/t4-,5+,6?;/m1./s1. The van der Waals surface area contributed by atoms with Gasteiger partial charge in [0.05, 0.1) is 0 Å². The summed E-state index contributed by atoms with van der Waals surface area (Å²) in [7, 11) is 0. The number of fused-ring (bicyclic) bond motifs is 1. The molecule has 0 aromatic rings. The number of nitrogens with one attached hydrogen (secondary N) is 1. The molecule has 2 aliphatic rings. The van der Waals surface area contributed by atoms with Crippen molar-refractivity contribution in [2.45, 2.75) is 26.3 Å². The van der Waals surface area contributed by atoms with E-state index in [4.69, 9.17) is 5.73 Å².